The molecule has 0 atom stereocenters. The fourth-order valence-electron chi connectivity index (χ4n) is 5.24. The van der Waals surface area contributed by atoms with Crippen molar-refractivity contribution in [1.29, 1.82) is 0 Å². The van der Waals surface area contributed by atoms with Gasteiger partial charge in [0.2, 0.25) is 0 Å². The molecule has 0 bridgehead atoms. The van der Waals surface area contributed by atoms with Gasteiger partial charge in [-0.3, -0.25) is 0 Å². The smallest absolute Gasteiger partial charge is 0.339 e. The maximum Gasteiger partial charge on any atom is 0.339 e. The Morgan fingerprint density at radius 1 is 0.879 bits per heavy atom. The van der Waals surface area contributed by atoms with Gasteiger partial charge in [0.25, 0.3) is 0 Å². The van der Waals surface area contributed by atoms with Gasteiger partial charge in [-0.1, -0.05) is 18.2 Å². The third-order valence-electron chi connectivity index (χ3n) is 7.17. The second-order valence-corrected chi connectivity index (χ2v) is 8.94. The zero-order chi connectivity index (χ0) is 22.9. The molecule has 3 heterocycles. The zero-order valence-corrected chi connectivity index (χ0v) is 19.4. The molecule has 0 fully saturated rings. The van der Waals surface area contributed by atoms with Crippen LogP contribution >= 0.6 is 0 Å². The number of anilines is 1. The van der Waals surface area contributed by atoms with Gasteiger partial charge in [0.1, 0.15) is 11.3 Å². The highest BCUT2D eigenvalue weighted by atomic mass is 16.5. The molecular formula is C28H26N2O3. The Morgan fingerprint density at radius 3 is 2.48 bits per heavy atom. The van der Waals surface area contributed by atoms with Gasteiger partial charge in [-0.15, -0.1) is 0 Å². The van der Waals surface area contributed by atoms with Crippen LogP contribution < -0.4 is 15.3 Å². The second-order valence-electron chi connectivity index (χ2n) is 8.94. The highest BCUT2D eigenvalue weighted by Gasteiger charge is 2.24. The highest BCUT2D eigenvalue weighted by Crippen LogP contribution is 2.38. The molecule has 5 heteroatoms. The molecule has 0 unspecified atom stereocenters. The van der Waals surface area contributed by atoms with Crippen LogP contribution in [0.2, 0.25) is 0 Å². The molecule has 6 rings (SSSR count). The van der Waals surface area contributed by atoms with Gasteiger partial charge in [-0.05, 0) is 63.6 Å². The van der Waals surface area contributed by atoms with E-state index in [0.29, 0.717) is 17.9 Å². The molecule has 0 saturated heterocycles. The van der Waals surface area contributed by atoms with Crippen molar-refractivity contribution in [3.8, 4) is 5.75 Å². The Kier molecular flexibility index (Phi) is 4.31. The van der Waals surface area contributed by atoms with Gasteiger partial charge in [0, 0.05) is 62.7 Å². The lowest BCUT2D eigenvalue weighted by molar-refractivity contribution is 0.287. The standard InChI is InChI=1S/C28H26N2O3/c1-5-30-24-9-7-6-8-21(24)23-13-20(10-11-25(23)30)29-14-19-12-22-16(2)17(3)28(31)33-27(22)18(4)26(19)32-15-29/h6-13H,5,14-15H2,1-4H3. The summed E-state index contributed by atoms with van der Waals surface area (Å²) in [6, 6.07) is 17.4. The molecule has 0 aliphatic carbocycles. The summed E-state index contributed by atoms with van der Waals surface area (Å²) in [6.45, 7) is 10.1. The zero-order valence-electron chi connectivity index (χ0n) is 19.4. The molecule has 0 N–H and O–H groups in total. The first-order chi connectivity index (χ1) is 16.0. The van der Waals surface area contributed by atoms with Gasteiger partial charge in [-0.25, -0.2) is 4.79 Å². The summed E-state index contributed by atoms with van der Waals surface area (Å²) >= 11 is 0. The van der Waals surface area contributed by atoms with Crippen molar-refractivity contribution >= 4 is 38.5 Å². The van der Waals surface area contributed by atoms with Crippen LogP contribution in [0.25, 0.3) is 32.8 Å². The number of para-hydroxylation sites is 1. The predicted molar refractivity (Wildman–Crippen MR) is 133 cm³/mol. The van der Waals surface area contributed by atoms with Crippen molar-refractivity contribution in [2.45, 2.75) is 40.8 Å². The summed E-state index contributed by atoms with van der Waals surface area (Å²) in [7, 11) is 0. The molecule has 0 amide bonds. The van der Waals surface area contributed by atoms with Crippen LogP contribution in [0.1, 0.15) is 29.2 Å². The van der Waals surface area contributed by atoms with Crippen LogP contribution in [-0.2, 0) is 13.1 Å². The van der Waals surface area contributed by atoms with E-state index in [0.717, 1.165) is 46.6 Å². The number of ether oxygens (including phenoxy) is 1. The number of aryl methyl sites for hydroxylation is 3. The molecule has 2 aromatic heterocycles. The van der Waals surface area contributed by atoms with Crippen molar-refractivity contribution in [3.05, 3.63) is 81.2 Å². The van der Waals surface area contributed by atoms with Gasteiger partial charge >= 0.3 is 5.63 Å². The molecule has 0 spiro atoms. The average molecular weight is 439 g/mol. The number of benzene rings is 3. The van der Waals surface area contributed by atoms with Crippen LogP contribution in [0.4, 0.5) is 5.69 Å². The van der Waals surface area contributed by atoms with Crippen molar-refractivity contribution in [2.24, 2.45) is 0 Å². The van der Waals surface area contributed by atoms with Gasteiger partial charge in [0.15, 0.2) is 6.73 Å². The minimum absolute atomic E-state index is 0.278. The summed E-state index contributed by atoms with van der Waals surface area (Å²) in [6.07, 6.45) is 0. The molecule has 5 nitrogen and oxygen atoms in total. The van der Waals surface area contributed by atoms with Crippen molar-refractivity contribution < 1.29 is 9.15 Å². The van der Waals surface area contributed by atoms with E-state index < -0.39 is 0 Å². The van der Waals surface area contributed by atoms with Crippen LogP contribution in [0.15, 0.2) is 57.7 Å². The Labute approximate surface area is 191 Å². The van der Waals surface area contributed by atoms with E-state index in [-0.39, 0.29) is 5.63 Å². The maximum absolute atomic E-state index is 12.2. The lowest BCUT2D eigenvalue weighted by Gasteiger charge is -2.32. The first-order valence-corrected chi connectivity index (χ1v) is 11.4. The first-order valence-electron chi connectivity index (χ1n) is 11.4. The first kappa shape index (κ1) is 19.9. The van der Waals surface area contributed by atoms with Crippen molar-refractivity contribution in [3.63, 3.8) is 0 Å². The van der Waals surface area contributed by atoms with Gasteiger partial charge in [-0.2, -0.15) is 0 Å². The lowest BCUT2D eigenvalue weighted by atomic mass is 9.99. The monoisotopic (exact) mass is 438 g/mol. The summed E-state index contributed by atoms with van der Waals surface area (Å²) in [5.41, 5.74) is 7.64. The van der Waals surface area contributed by atoms with E-state index in [1.807, 2.05) is 20.8 Å². The van der Waals surface area contributed by atoms with Gasteiger partial charge in [0.05, 0.1) is 0 Å². The fraction of sp³-hybridized carbons (Fsp3) is 0.250. The molecule has 5 aromatic rings. The van der Waals surface area contributed by atoms with E-state index >= 15 is 0 Å². The maximum atomic E-state index is 12.2. The van der Waals surface area contributed by atoms with Crippen molar-refractivity contribution in [1.82, 2.24) is 4.57 Å². The predicted octanol–water partition coefficient (Wildman–Crippen LogP) is 6.20. The van der Waals surface area contributed by atoms with Gasteiger partial charge < -0.3 is 18.6 Å². The SMILES string of the molecule is CCn1c2ccccc2c2cc(N3COc4c(cc5c(C)c(C)c(=O)oc5c4C)C3)ccc21. The normalized spacial score (nSPS) is 13.6. The molecule has 0 radical (unpaired) electrons. The fourth-order valence-corrected chi connectivity index (χ4v) is 5.24. The van der Waals surface area contributed by atoms with E-state index in [4.69, 9.17) is 9.15 Å². The van der Waals surface area contributed by atoms with E-state index in [2.05, 4.69) is 64.9 Å². The van der Waals surface area contributed by atoms with Crippen LogP contribution in [0.5, 0.6) is 5.75 Å². The van der Waals surface area contributed by atoms with E-state index in [9.17, 15) is 4.79 Å². The summed E-state index contributed by atoms with van der Waals surface area (Å²) < 4.78 is 14.2. The molecule has 3 aromatic carbocycles. The van der Waals surface area contributed by atoms with E-state index in [1.54, 1.807) is 0 Å². The molecule has 0 saturated carbocycles. The molecule has 166 valence electrons. The lowest BCUT2D eigenvalue weighted by Crippen LogP contribution is -2.32. The molecule has 33 heavy (non-hydrogen) atoms. The average Bonchev–Trinajstić information content (AvgIpc) is 3.16. The quantitative estimate of drug-likeness (QED) is 0.308. The number of fused-ring (bicyclic) bond motifs is 5. The number of hydrogen-bond acceptors (Lipinski definition) is 4. The minimum atomic E-state index is -0.278. The number of hydrogen-bond donors (Lipinski definition) is 0. The molecule has 1 aliphatic rings. The Hall–Kier alpha value is -3.73. The largest absolute Gasteiger partial charge is 0.472 e. The second kappa shape index (κ2) is 7.14. The molecule has 1 aliphatic heterocycles. The number of aromatic nitrogens is 1. The Morgan fingerprint density at radius 2 is 1.67 bits per heavy atom. The van der Waals surface area contributed by atoms with E-state index in [1.165, 1.54) is 21.8 Å². The van der Waals surface area contributed by atoms with Crippen LogP contribution in [0, 0.1) is 20.8 Å². The Bertz CT molecular complexity index is 1640. The Balaban J connectivity index is 1.47. The topological polar surface area (TPSA) is 47.6 Å². The van der Waals surface area contributed by atoms with Crippen molar-refractivity contribution in [2.75, 3.05) is 11.6 Å². The number of nitrogens with zero attached hydrogens (tertiary/aromatic N) is 2. The van der Waals surface area contributed by atoms with Crippen LogP contribution in [-0.4, -0.2) is 11.3 Å². The summed E-state index contributed by atoms with van der Waals surface area (Å²) in [5.74, 6) is 0.828. The van der Waals surface area contributed by atoms with Crippen LogP contribution in [0.3, 0.4) is 0 Å². The molecular weight excluding hydrogens is 412 g/mol. The number of rotatable bonds is 2. The minimum Gasteiger partial charge on any atom is -0.472 e. The summed E-state index contributed by atoms with van der Waals surface area (Å²) in [5, 5.41) is 3.52. The highest BCUT2D eigenvalue weighted by molar-refractivity contribution is 6.09. The third-order valence-corrected chi connectivity index (χ3v) is 7.17. The summed E-state index contributed by atoms with van der Waals surface area (Å²) in [4.78, 5) is 14.5. The third kappa shape index (κ3) is 2.81.